The first-order valence-electron chi connectivity index (χ1n) is 8.46. The van der Waals surface area contributed by atoms with E-state index in [1.807, 2.05) is 18.2 Å². The van der Waals surface area contributed by atoms with Crippen molar-refractivity contribution in [2.24, 2.45) is 0 Å². The summed E-state index contributed by atoms with van der Waals surface area (Å²) < 4.78 is 15.5. The maximum Gasteiger partial charge on any atom is 0.305 e. The van der Waals surface area contributed by atoms with E-state index < -0.39 is 0 Å². The van der Waals surface area contributed by atoms with Crippen molar-refractivity contribution in [2.45, 2.75) is 32.6 Å². The topological polar surface area (TPSA) is 44.8 Å². The summed E-state index contributed by atoms with van der Waals surface area (Å²) in [5.74, 6) is 1.19. The Balaban J connectivity index is 2.39. The molecule has 1 aliphatic rings. The fourth-order valence-electron chi connectivity index (χ4n) is 2.88. The van der Waals surface area contributed by atoms with Crippen LogP contribution in [0.15, 0.2) is 47.6 Å². The number of benzene rings is 1. The Bertz CT molecular complexity index is 711. The summed E-state index contributed by atoms with van der Waals surface area (Å²) in [5.41, 5.74) is 4.68. The summed E-state index contributed by atoms with van der Waals surface area (Å²) in [6, 6.07) is 5.90. The van der Waals surface area contributed by atoms with Gasteiger partial charge in [0.1, 0.15) is 0 Å². The molecule has 1 aromatic rings. The molecule has 0 unspecified atom stereocenters. The predicted molar refractivity (Wildman–Crippen MR) is 99.8 cm³/mol. The van der Waals surface area contributed by atoms with Gasteiger partial charge in [0.05, 0.1) is 21.3 Å². The first kappa shape index (κ1) is 18.8. The molecule has 0 heterocycles. The minimum absolute atomic E-state index is 0.202. The van der Waals surface area contributed by atoms with Gasteiger partial charge in [-0.25, -0.2) is 0 Å². The predicted octanol–water partition coefficient (Wildman–Crippen LogP) is 4.71. The lowest BCUT2D eigenvalue weighted by Gasteiger charge is -2.17. The Morgan fingerprint density at radius 3 is 2.56 bits per heavy atom. The summed E-state index contributed by atoms with van der Waals surface area (Å²) in [6.45, 7) is 2.15. The van der Waals surface area contributed by atoms with Crippen molar-refractivity contribution >= 4 is 11.5 Å². The van der Waals surface area contributed by atoms with Gasteiger partial charge in [-0.1, -0.05) is 29.9 Å². The molecule has 0 fully saturated rings. The zero-order valence-electron chi connectivity index (χ0n) is 15.4. The molecule has 0 atom stereocenters. The number of esters is 1. The Morgan fingerprint density at radius 1 is 1.16 bits per heavy atom. The van der Waals surface area contributed by atoms with Gasteiger partial charge >= 0.3 is 5.97 Å². The highest BCUT2D eigenvalue weighted by Crippen LogP contribution is 2.35. The number of hydrogen-bond donors (Lipinski definition) is 0. The molecule has 0 N–H and O–H groups in total. The summed E-state index contributed by atoms with van der Waals surface area (Å²) in [6.07, 6.45) is 9.66. The first-order chi connectivity index (χ1) is 12.1. The van der Waals surface area contributed by atoms with Crippen LogP contribution in [0.4, 0.5) is 0 Å². The molecule has 1 aliphatic carbocycles. The van der Waals surface area contributed by atoms with Crippen molar-refractivity contribution in [1.29, 1.82) is 0 Å². The van der Waals surface area contributed by atoms with E-state index in [-0.39, 0.29) is 5.97 Å². The van der Waals surface area contributed by atoms with Crippen molar-refractivity contribution in [3.05, 3.63) is 53.1 Å². The summed E-state index contributed by atoms with van der Waals surface area (Å²) >= 11 is 0. The van der Waals surface area contributed by atoms with Gasteiger partial charge in [0, 0.05) is 6.42 Å². The number of rotatable bonds is 7. The number of carbonyl (C=O) groups is 1. The van der Waals surface area contributed by atoms with Crippen LogP contribution in [0.5, 0.6) is 11.5 Å². The van der Waals surface area contributed by atoms with Gasteiger partial charge in [-0.2, -0.15) is 0 Å². The van der Waals surface area contributed by atoms with E-state index in [1.54, 1.807) is 14.2 Å². The molecular weight excluding hydrogens is 316 g/mol. The van der Waals surface area contributed by atoms with E-state index in [2.05, 4.69) is 25.2 Å². The SMILES string of the molecule is COC(=O)CC/C=C(\C1=CCCC(C)=C1)c1ccc(OC)c(OC)c1. The Labute approximate surface area is 149 Å². The number of methoxy groups -OCH3 is 3. The average molecular weight is 342 g/mol. The number of allylic oxidation sites excluding steroid dienone is 6. The molecule has 0 bridgehead atoms. The van der Waals surface area contributed by atoms with Crippen molar-refractivity contribution in [3.63, 3.8) is 0 Å². The Morgan fingerprint density at radius 2 is 1.92 bits per heavy atom. The van der Waals surface area contributed by atoms with E-state index in [0.717, 1.165) is 24.0 Å². The van der Waals surface area contributed by atoms with E-state index in [9.17, 15) is 4.79 Å². The Hall–Kier alpha value is -2.49. The van der Waals surface area contributed by atoms with Crippen LogP contribution in [0.25, 0.3) is 5.57 Å². The normalized spacial score (nSPS) is 14.5. The molecule has 0 radical (unpaired) electrons. The monoisotopic (exact) mass is 342 g/mol. The molecule has 0 saturated heterocycles. The number of hydrogen-bond acceptors (Lipinski definition) is 4. The van der Waals surface area contributed by atoms with Crippen LogP contribution in [0.3, 0.4) is 0 Å². The third-order valence-electron chi connectivity index (χ3n) is 4.23. The third-order valence-corrected chi connectivity index (χ3v) is 4.23. The molecule has 0 aliphatic heterocycles. The van der Waals surface area contributed by atoms with Crippen molar-refractivity contribution < 1.29 is 19.0 Å². The molecule has 0 spiro atoms. The maximum atomic E-state index is 11.4. The molecule has 0 amide bonds. The fraction of sp³-hybridized carbons (Fsp3) is 0.381. The fourth-order valence-corrected chi connectivity index (χ4v) is 2.88. The summed E-state index contributed by atoms with van der Waals surface area (Å²) in [7, 11) is 4.67. The van der Waals surface area contributed by atoms with Crippen LogP contribution in [0.1, 0.15) is 38.2 Å². The minimum atomic E-state index is -0.202. The molecular formula is C21H26O4. The van der Waals surface area contributed by atoms with Gasteiger partial charge < -0.3 is 14.2 Å². The van der Waals surface area contributed by atoms with Crippen LogP contribution in [0, 0.1) is 0 Å². The number of carbonyl (C=O) groups excluding carboxylic acids is 1. The molecule has 1 aromatic carbocycles. The quantitative estimate of drug-likeness (QED) is 0.673. The third kappa shape index (κ3) is 4.99. The zero-order valence-corrected chi connectivity index (χ0v) is 15.4. The average Bonchev–Trinajstić information content (AvgIpc) is 2.64. The molecule has 0 aromatic heterocycles. The molecule has 0 saturated carbocycles. The van der Waals surface area contributed by atoms with E-state index in [4.69, 9.17) is 14.2 Å². The molecule has 4 heteroatoms. The van der Waals surface area contributed by atoms with Gasteiger partial charge in [-0.05, 0) is 55.0 Å². The molecule has 2 rings (SSSR count). The van der Waals surface area contributed by atoms with Crippen LogP contribution in [-0.2, 0) is 9.53 Å². The first-order valence-corrected chi connectivity index (χ1v) is 8.46. The second-order valence-electron chi connectivity index (χ2n) is 5.99. The summed E-state index contributed by atoms with van der Waals surface area (Å²) in [4.78, 5) is 11.4. The van der Waals surface area contributed by atoms with E-state index >= 15 is 0 Å². The Kier molecular flexibility index (Phi) is 6.87. The van der Waals surface area contributed by atoms with Gasteiger partial charge in [0.15, 0.2) is 11.5 Å². The van der Waals surface area contributed by atoms with Gasteiger partial charge in [0.25, 0.3) is 0 Å². The standard InChI is InChI=1S/C21H26O4/c1-15-7-5-8-16(13-15)18(9-6-10-21(22)25-4)17-11-12-19(23-2)20(14-17)24-3/h8-9,11-14H,5-7,10H2,1-4H3/b18-9+. The van der Waals surface area contributed by atoms with Crippen molar-refractivity contribution in [3.8, 4) is 11.5 Å². The molecule has 4 nitrogen and oxygen atoms in total. The van der Waals surface area contributed by atoms with E-state index in [0.29, 0.717) is 24.3 Å². The zero-order chi connectivity index (χ0) is 18.2. The smallest absolute Gasteiger partial charge is 0.305 e. The van der Waals surface area contributed by atoms with Crippen LogP contribution in [-0.4, -0.2) is 27.3 Å². The molecule has 25 heavy (non-hydrogen) atoms. The number of ether oxygens (including phenoxy) is 3. The second kappa shape index (κ2) is 9.11. The van der Waals surface area contributed by atoms with Crippen LogP contribution in [0.2, 0.25) is 0 Å². The molecule has 134 valence electrons. The van der Waals surface area contributed by atoms with E-state index in [1.165, 1.54) is 18.3 Å². The largest absolute Gasteiger partial charge is 0.493 e. The highest BCUT2D eigenvalue weighted by Gasteiger charge is 2.13. The van der Waals surface area contributed by atoms with Crippen molar-refractivity contribution in [2.75, 3.05) is 21.3 Å². The van der Waals surface area contributed by atoms with Gasteiger partial charge in [-0.15, -0.1) is 0 Å². The highest BCUT2D eigenvalue weighted by atomic mass is 16.5. The maximum absolute atomic E-state index is 11.4. The van der Waals surface area contributed by atoms with Gasteiger partial charge in [-0.3, -0.25) is 4.79 Å². The lowest BCUT2D eigenvalue weighted by Crippen LogP contribution is -2.00. The highest BCUT2D eigenvalue weighted by molar-refractivity contribution is 5.83. The minimum Gasteiger partial charge on any atom is -0.493 e. The lowest BCUT2D eigenvalue weighted by molar-refractivity contribution is -0.140. The van der Waals surface area contributed by atoms with Gasteiger partial charge in [0.2, 0.25) is 0 Å². The second-order valence-corrected chi connectivity index (χ2v) is 5.99. The lowest BCUT2D eigenvalue weighted by atomic mass is 9.90. The summed E-state index contributed by atoms with van der Waals surface area (Å²) in [5, 5.41) is 0. The van der Waals surface area contributed by atoms with Crippen molar-refractivity contribution in [1.82, 2.24) is 0 Å². The van der Waals surface area contributed by atoms with Crippen LogP contribution < -0.4 is 9.47 Å². The van der Waals surface area contributed by atoms with Crippen LogP contribution >= 0.6 is 0 Å².